The number of hydrogen-bond donors (Lipinski definition) is 2. The number of nitrogens with two attached hydrogens (primary N) is 1. The molecule has 6 heteroatoms. The molecular weight excluding hydrogens is 250 g/mol. The number of esters is 1. The monoisotopic (exact) mass is 267 g/mol. The van der Waals surface area contributed by atoms with Gasteiger partial charge in [-0.15, -0.1) is 11.3 Å². The quantitative estimate of drug-likeness (QED) is 0.800. The molecule has 1 aromatic rings. The number of nitrogens with one attached hydrogen (secondary N) is 1. The van der Waals surface area contributed by atoms with E-state index < -0.39 is 5.97 Å². The van der Waals surface area contributed by atoms with Gasteiger partial charge in [-0.05, 0) is 12.3 Å². The number of methoxy groups -OCH3 is 1. The molecule has 0 bridgehead atoms. The maximum Gasteiger partial charge on any atom is 0.350 e. The summed E-state index contributed by atoms with van der Waals surface area (Å²) < 4.78 is 4.63. The molecule has 1 aromatic heterocycles. The van der Waals surface area contributed by atoms with Gasteiger partial charge in [0.2, 0.25) is 0 Å². The molecular formula is C12H17N3O2S. The first-order valence-electron chi connectivity index (χ1n) is 5.65. The van der Waals surface area contributed by atoms with Crippen LogP contribution in [-0.4, -0.2) is 19.6 Å². The Bertz CT molecular complexity index is 474. The van der Waals surface area contributed by atoms with Crippen LogP contribution < -0.4 is 11.1 Å². The molecule has 1 heterocycles. The van der Waals surface area contributed by atoms with Gasteiger partial charge in [0.15, 0.2) is 0 Å². The standard InChI is InChI=1S/C12H17N3O2S/c1-7(2)4-5-15-11-8(6-13)9(14)10(18-11)12(16)17-3/h7,15H,4-5,14H2,1-3H3. The van der Waals surface area contributed by atoms with Crippen LogP contribution in [0.4, 0.5) is 10.7 Å². The first-order chi connectivity index (χ1) is 8.51. The molecule has 0 aliphatic heterocycles. The molecule has 0 aliphatic carbocycles. The SMILES string of the molecule is COC(=O)c1sc(NCCC(C)C)c(C#N)c1N. The Morgan fingerprint density at radius 1 is 1.61 bits per heavy atom. The summed E-state index contributed by atoms with van der Waals surface area (Å²) >= 11 is 1.16. The number of hydrogen-bond acceptors (Lipinski definition) is 6. The van der Waals surface area contributed by atoms with E-state index in [0.717, 1.165) is 24.3 Å². The highest BCUT2D eigenvalue weighted by molar-refractivity contribution is 7.18. The smallest absolute Gasteiger partial charge is 0.350 e. The second kappa shape index (κ2) is 6.26. The number of ether oxygens (including phenoxy) is 1. The largest absolute Gasteiger partial charge is 0.465 e. The van der Waals surface area contributed by atoms with Crippen LogP contribution in [0.5, 0.6) is 0 Å². The van der Waals surface area contributed by atoms with Crippen LogP contribution in [0.3, 0.4) is 0 Å². The van der Waals surface area contributed by atoms with Crippen LogP contribution in [0.1, 0.15) is 35.5 Å². The summed E-state index contributed by atoms with van der Waals surface area (Å²) in [5, 5.41) is 12.8. The van der Waals surface area contributed by atoms with E-state index in [0.29, 0.717) is 16.5 Å². The molecule has 0 aliphatic rings. The van der Waals surface area contributed by atoms with E-state index in [4.69, 9.17) is 11.0 Å². The van der Waals surface area contributed by atoms with E-state index >= 15 is 0 Å². The van der Waals surface area contributed by atoms with Crippen molar-refractivity contribution in [2.75, 3.05) is 24.7 Å². The Morgan fingerprint density at radius 3 is 2.78 bits per heavy atom. The third kappa shape index (κ3) is 3.14. The van der Waals surface area contributed by atoms with Crippen LogP contribution >= 0.6 is 11.3 Å². The zero-order chi connectivity index (χ0) is 13.7. The van der Waals surface area contributed by atoms with Crippen molar-refractivity contribution in [2.24, 2.45) is 5.92 Å². The van der Waals surface area contributed by atoms with Gasteiger partial charge >= 0.3 is 5.97 Å². The Hall–Kier alpha value is -1.74. The molecule has 0 amide bonds. The summed E-state index contributed by atoms with van der Waals surface area (Å²) in [6, 6.07) is 2.02. The van der Waals surface area contributed by atoms with Crippen LogP contribution in [0.2, 0.25) is 0 Å². The first-order valence-corrected chi connectivity index (χ1v) is 6.47. The molecule has 1 rings (SSSR count). The topological polar surface area (TPSA) is 88.1 Å². The van der Waals surface area contributed by atoms with Gasteiger partial charge < -0.3 is 15.8 Å². The molecule has 0 aromatic carbocycles. The average molecular weight is 267 g/mol. The molecule has 5 nitrogen and oxygen atoms in total. The molecule has 0 atom stereocenters. The number of nitriles is 1. The highest BCUT2D eigenvalue weighted by atomic mass is 32.1. The van der Waals surface area contributed by atoms with Crippen molar-refractivity contribution in [3.05, 3.63) is 10.4 Å². The normalized spacial score (nSPS) is 10.2. The van der Waals surface area contributed by atoms with Gasteiger partial charge in [0.25, 0.3) is 0 Å². The van der Waals surface area contributed by atoms with Crippen LogP contribution in [0.15, 0.2) is 0 Å². The van der Waals surface area contributed by atoms with E-state index in [2.05, 4.69) is 23.9 Å². The molecule has 0 saturated heterocycles. The van der Waals surface area contributed by atoms with Crippen molar-refractivity contribution in [1.29, 1.82) is 5.26 Å². The van der Waals surface area contributed by atoms with Gasteiger partial charge in [0.05, 0.1) is 12.8 Å². The highest BCUT2D eigenvalue weighted by Gasteiger charge is 2.21. The van der Waals surface area contributed by atoms with Crippen molar-refractivity contribution in [3.63, 3.8) is 0 Å². The number of anilines is 2. The highest BCUT2D eigenvalue weighted by Crippen LogP contribution is 2.35. The minimum Gasteiger partial charge on any atom is -0.465 e. The van der Waals surface area contributed by atoms with Crippen molar-refractivity contribution in [2.45, 2.75) is 20.3 Å². The van der Waals surface area contributed by atoms with Gasteiger partial charge in [0.1, 0.15) is 21.5 Å². The molecule has 0 saturated carbocycles. The second-order valence-corrected chi connectivity index (χ2v) is 5.28. The van der Waals surface area contributed by atoms with E-state index in [1.165, 1.54) is 7.11 Å². The summed E-state index contributed by atoms with van der Waals surface area (Å²) in [6.45, 7) is 4.98. The maximum absolute atomic E-state index is 11.5. The van der Waals surface area contributed by atoms with Gasteiger partial charge in [0, 0.05) is 6.54 Å². The number of nitrogen functional groups attached to an aromatic ring is 1. The van der Waals surface area contributed by atoms with Crippen LogP contribution in [0, 0.1) is 17.2 Å². The Labute approximate surface area is 111 Å². The van der Waals surface area contributed by atoms with E-state index in [1.54, 1.807) is 0 Å². The molecule has 0 unspecified atom stereocenters. The zero-order valence-corrected chi connectivity index (χ0v) is 11.6. The number of thiophene rings is 1. The molecule has 3 N–H and O–H groups in total. The summed E-state index contributed by atoms with van der Waals surface area (Å²) in [7, 11) is 1.29. The predicted octanol–water partition coefficient (Wildman–Crippen LogP) is 2.45. The van der Waals surface area contributed by atoms with Gasteiger partial charge in [-0.2, -0.15) is 5.26 Å². The number of rotatable bonds is 5. The Morgan fingerprint density at radius 2 is 2.28 bits per heavy atom. The van der Waals surface area contributed by atoms with Crippen molar-refractivity contribution < 1.29 is 9.53 Å². The molecule has 0 radical (unpaired) electrons. The van der Waals surface area contributed by atoms with Gasteiger partial charge in [-0.3, -0.25) is 0 Å². The minimum atomic E-state index is -0.508. The average Bonchev–Trinajstić information content (AvgIpc) is 2.64. The van der Waals surface area contributed by atoms with Crippen molar-refractivity contribution in [1.82, 2.24) is 0 Å². The lowest BCUT2D eigenvalue weighted by Gasteiger charge is -2.06. The van der Waals surface area contributed by atoms with E-state index in [9.17, 15) is 4.79 Å². The van der Waals surface area contributed by atoms with Crippen LogP contribution in [-0.2, 0) is 4.74 Å². The van der Waals surface area contributed by atoms with Crippen LogP contribution in [0.25, 0.3) is 0 Å². The summed E-state index contributed by atoms with van der Waals surface area (Å²) in [4.78, 5) is 11.7. The molecule has 98 valence electrons. The van der Waals surface area contributed by atoms with Gasteiger partial charge in [-0.25, -0.2) is 4.79 Å². The van der Waals surface area contributed by atoms with Crippen molar-refractivity contribution >= 4 is 28.0 Å². The number of nitrogens with zero attached hydrogens (tertiary/aromatic N) is 1. The Balaban J connectivity index is 2.91. The van der Waals surface area contributed by atoms with E-state index in [-0.39, 0.29) is 10.6 Å². The predicted molar refractivity (Wildman–Crippen MR) is 72.7 cm³/mol. The molecule has 0 fully saturated rings. The summed E-state index contributed by atoms with van der Waals surface area (Å²) in [5.74, 6) is 0.0614. The fraction of sp³-hybridized carbons (Fsp3) is 0.500. The van der Waals surface area contributed by atoms with E-state index in [1.807, 2.05) is 6.07 Å². The minimum absolute atomic E-state index is 0.196. The second-order valence-electron chi connectivity index (χ2n) is 4.26. The third-order valence-corrected chi connectivity index (χ3v) is 3.58. The number of carbonyl (C=O) groups excluding carboxylic acids is 1. The van der Waals surface area contributed by atoms with Crippen molar-refractivity contribution in [3.8, 4) is 6.07 Å². The lowest BCUT2D eigenvalue weighted by molar-refractivity contribution is 0.0607. The summed E-state index contributed by atoms with van der Waals surface area (Å²) in [5.41, 5.74) is 6.29. The third-order valence-electron chi connectivity index (χ3n) is 2.43. The lowest BCUT2D eigenvalue weighted by Crippen LogP contribution is -2.04. The molecule has 18 heavy (non-hydrogen) atoms. The fourth-order valence-electron chi connectivity index (χ4n) is 1.40. The molecule has 0 spiro atoms. The Kier molecular flexibility index (Phi) is 4.98. The first kappa shape index (κ1) is 14.3. The summed E-state index contributed by atoms with van der Waals surface area (Å²) in [6.07, 6.45) is 0.982. The fourth-order valence-corrected chi connectivity index (χ4v) is 2.41. The lowest BCUT2D eigenvalue weighted by atomic mass is 10.1. The van der Waals surface area contributed by atoms with Gasteiger partial charge in [-0.1, -0.05) is 13.8 Å². The maximum atomic E-state index is 11.5. The zero-order valence-electron chi connectivity index (χ0n) is 10.7. The number of carbonyl (C=O) groups is 1.